The normalized spacial score (nSPS) is 12.8. The van der Waals surface area contributed by atoms with Crippen molar-refractivity contribution < 1.29 is 9.59 Å². The Hall–Kier alpha value is -1.71. The summed E-state index contributed by atoms with van der Waals surface area (Å²) in [5.41, 5.74) is 0.314. The molecular formula is C17H26N2O2. The van der Waals surface area contributed by atoms with Gasteiger partial charge in [0.15, 0.2) is 0 Å². The third-order valence-corrected chi connectivity index (χ3v) is 3.43. The second-order valence-electron chi connectivity index (χ2n) is 6.38. The lowest BCUT2D eigenvalue weighted by molar-refractivity contribution is -0.123. The summed E-state index contributed by atoms with van der Waals surface area (Å²) in [6.07, 6.45) is 6.61. The quantitative estimate of drug-likeness (QED) is 0.611. The van der Waals surface area contributed by atoms with Gasteiger partial charge in [0.05, 0.1) is 0 Å². The van der Waals surface area contributed by atoms with E-state index in [1.807, 2.05) is 26.8 Å². The lowest BCUT2D eigenvalue weighted by atomic mass is 9.93. The predicted molar refractivity (Wildman–Crippen MR) is 85.3 cm³/mol. The molecule has 1 aromatic heterocycles. The highest BCUT2D eigenvalue weighted by Gasteiger charge is 2.24. The van der Waals surface area contributed by atoms with Crippen LogP contribution in [0.4, 0.5) is 5.82 Å². The zero-order valence-corrected chi connectivity index (χ0v) is 13.5. The van der Waals surface area contributed by atoms with Crippen LogP contribution in [0.15, 0.2) is 18.3 Å². The SMILES string of the molecule is CCCCCC(C=O)c1cccnc1NC(=O)C(C)(C)C. The molecule has 21 heavy (non-hydrogen) atoms. The van der Waals surface area contributed by atoms with Crippen LogP contribution in [-0.4, -0.2) is 17.2 Å². The molecule has 1 atom stereocenters. The molecule has 0 saturated carbocycles. The average molecular weight is 290 g/mol. The van der Waals surface area contributed by atoms with Gasteiger partial charge in [0, 0.05) is 23.1 Å². The largest absolute Gasteiger partial charge is 0.310 e. The van der Waals surface area contributed by atoms with E-state index in [-0.39, 0.29) is 11.8 Å². The molecule has 4 heteroatoms. The number of aldehydes is 1. The number of aromatic nitrogens is 1. The van der Waals surface area contributed by atoms with E-state index in [0.29, 0.717) is 5.82 Å². The Morgan fingerprint density at radius 1 is 1.38 bits per heavy atom. The predicted octanol–water partition coefficient (Wildman–Crippen LogP) is 3.93. The van der Waals surface area contributed by atoms with Crippen LogP contribution in [0.25, 0.3) is 0 Å². The van der Waals surface area contributed by atoms with E-state index >= 15 is 0 Å². The molecule has 0 aliphatic rings. The molecule has 0 aliphatic heterocycles. The van der Waals surface area contributed by atoms with Gasteiger partial charge in [-0.2, -0.15) is 0 Å². The molecule has 4 nitrogen and oxygen atoms in total. The van der Waals surface area contributed by atoms with E-state index in [1.165, 1.54) is 0 Å². The first-order valence-corrected chi connectivity index (χ1v) is 7.61. The van der Waals surface area contributed by atoms with E-state index in [1.54, 1.807) is 12.3 Å². The van der Waals surface area contributed by atoms with Crippen LogP contribution in [0.5, 0.6) is 0 Å². The van der Waals surface area contributed by atoms with Gasteiger partial charge in [0.1, 0.15) is 12.1 Å². The van der Waals surface area contributed by atoms with Gasteiger partial charge in [-0.3, -0.25) is 4.79 Å². The van der Waals surface area contributed by atoms with Crippen molar-refractivity contribution in [2.45, 2.75) is 59.3 Å². The molecule has 0 aliphatic carbocycles. The third kappa shape index (κ3) is 5.29. The van der Waals surface area contributed by atoms with E-state index in [9.17, 15) is 9.59 Å². The maximum absolute atomic E-state index is 12.1. The van der Waals surface area contributed by atoms with Crippen molar-refractivity contribution in [2.75, 3.05) is 5.32 Å². The second-order valence-corrected chi connectivity index (χ2v) is 6.38. The molecule has 0 radical (unpaired) electrons. The number of unbranched alkanes of at least 4 members (excludes halogenated alkanes) is 2. The molecule has 1 aromatic rings. The molecular weight excluding hydrogens is 264 g/mol. The molecule has 0 saturated heterocycles. The Morgan fingerprint density at radius 2 is 2.10 bits per heavy atom. The van der Waals surface area contributed by atoms with Gasteiger partial charge in [0.2, 0.25) is 5.91 Å². The van der Waals surface area contributed by atoms with Crippen molar-refractivity contribution in [1.29, 1.82) is 0 Å². The van der Waals surface area contributed by atoms with Gasteiger partial charge in [-0.15, -0.1) is 0 Å². The highest BCUT2D eigenvalue weighted by Crippen LogP contribution is 2.27. The molecule has 1 N–H and O–H groups in total. The monoisotopic (exact) mass is 290 g/mol. The van der Waals surface area contributed by atoms with Crippen LogP contribution in [0, 0.1) is 5.41 Å². The minimum Gasteiger partial charge on any atom is -0.310 e. The minimum atomic E-state index is -0.492. The fraction of sp³-hybridized carbons (Fsp3) is 0.588. The van der Waals surface area contributed by atoms with E-state index in [0.717, 1.165) is 37.5 Å². The minimum absolute atomic E-state index is 0.0966. The lowest BCUT2D eigenvalue weighted by Crippen LogP contribution is -2.28. The number of nitrogens with zero attached hydrogens (tertiary/aromatic N) is 1. The zero-order chi connectivity index (χ0) is 15.9. The highest BCUT2D eigenvalue weighted by atomic mass is 16.2. The van der Waals surface area contributed by atoms with Gasteiger partial charge in [-0.1, -0.05) is 53.0 Å². The topological polar surface area (TPSA) is 59.1 Å². The van der Waals surface area contributed by atoms with Crippen LogP contribution in [0.2, 0.25) is 0 Å². The fourth-order valence-corrected chi connectivity index (χ4v) is 2.03. The first-order chi connectivity index (χ1) is 9.90. The number of rotatable bonds is 7. The van der Waals surface area contributed by atoms with Gasteiger partial charge >= 0.3 is 0 Å². The number of carbonyl (C=O) groups excluding carboxylic acids is 2. The Balaban J connectivity index is 2.91. The van der Waals surface area contributed by atoms with E-state index in [4.69, 9.17) is 0 Å². The molecule has 0 bridgehead atoms. The van der Waals surface area contributed by atoms with Crippen LogP contribution < -0.4 is 5.32 Å². The molecule has 0 spiro atoms. The number of carbonyl (C=O) groups is 2. The molecule has 116 valence electrons. The summed E-state index contributed by atoms with van der Waals surface area (Å²) in [7, 11) is 0. The summed E-state index contributed by atoms with van der Waals surface area (Å²) >= 11 is 0. The zero-order valence-electron chi connectivity index (χ0n) is 13.5. The van der Waals surface area contributed by atoms with E-state index in [2.05, 4.69) is 17.2 Å². The summed E-state index contributed by atoms with van der Waals surface area (Å²) in [4.78, 5) is 27.8. The number of pyridine rings is 1. The Morgan fingerprint density at radius 3 is 2.67 bits per heavy atom. The number of hydrogen-bond donors (Lipinski definition) is 1. The number of hydrogen-bond acceptors (Lipinski definition) is 3. The first kappa shape index (κ1) is 17.3. The first-order valence-electron chi connectivity index (χ1n) is 7.61. The molecule has 0 aromatic carbocycles. The summed E-state index contributed by atoms with van der Waals surface area (Å²) in [5.74, 6) is 0.201. The lowest BCUT2D eigenvalue weighted by Gasteiger charge is -2.20. The van der Waals surface area contributed by atoms with Crippen molar-refractivity contribution in [2.24, 2.45) is 5.41 Å². The summed E-state index contributed by atoms with van der Waals surface area (Å²) in [5, 5.41) is 2.85. The fourth-order valence-electron chi connectivity index (χ4n) is 2.03. The number of anilines is 1. The van der Waals surface area contributed by atoms with Gasteiger partial charge in [0.25, 0.3) is 0 Å². The highest BCUT2D eigenvalue weighted by molar-refractivity contribution is 5.94. The Labute approximate surface area is 127 Å². The van der Waals surface area contributed by atoms with E-state index < -0.39 is 5.41 Å². The van der Waals surface area contributed by atoms with Crippen LogP contribution in [0.1, 0.15) is 64.9 Å². The van der Waals surface area contributed by atoms with Crippen LogP contribution >= 0.6 is 0 Å². The Bertz CT molecular complexity index is 478. The number of nitrogens with one attached hydrogen (secondary N) is 1. The molecule has 1 amide bonds. The van der Waals surface area contributed by atoms with Crippen LogP contribution in [0.3, 0.4) is 0 Å². The maximum Gasteiger partial charge on any atom is 0.230 e. The van der Waals surface area contributed by atoms with Crippen molar-refractivity contribution in [3.8, 4) is 0 Å². The molecule has 1 rings (SSSR count). The maximum atomic E-state index is 12.1. The Kier molecular flexibility index (Phi) is 6.53. The van der Waals surface area contributed by atoms with Gasteiger partial charge in [-0.05, 0) is 12.5 Å². The summed E-state index contributed by atoms with van der Waals surface area (Å²) < 4.78 is 0. The standard InChI is InChI=1S/C17H26N2O2/c1-5-6-7-9-13(12-20)14-10-8-11-18-15(14)19-16(21)17(2,3)4/h8,10-13H,5-7,9H2,1-4H3,(H,18,19,21). The summed E-state index contributed by atoms with van der Waals surface area (Å²) in [6, 6.07) is 3.68. The van der Waals surface area contributed by atoms with Gasteiger partial charge in [-0.25, -0.2) is 4.98 Å². The third-order valence-electron chi connectivity index (χ3n) is 3.43. The van der Waals surface area contributed by atoms with Crippen LogP contribution in [-0.2, 0) is 9.59 Å². The molecule has 1 unspecified atom stereocenters. The smallest absolute Gasteiger partial charge is 0.230 e. The van der Waals surface area contributed by atoms with Crippen molar-refractivity contribution >= 4 is 18.0 Å². The van der Waals surface area contributed by atoms with Gasteiger partial charge < -0.3 is 10.1 Å². The second kappa shape index (κ2) is 7.91. The average Bonchev–Trinajstić information content (AvgIpc) is 2.44. The van der Waals surface area contributed by atoms with Crippen molar-refractivity contribution in [1.82, 2.24) is 4.98 Å². The summed E-state index contributed by atoms with van der Waals surface area (Å²) in [6.45, 7) is 7.69. The molecule has 0 fully saturated rings. The number of amides is 1. The van der Waals surface area contributed by atoms with Crippen molar-refractivity contribution in [3.05, 3.63) is 23.9 Å². The van der Waals surface area contributed by atoms with Crippen molar-refractivity contribution in [3.63, 3.8) is 0 Å². The molecule has 1 heterocycles.